The van der Waals surface area contributed by atoms with Crippen LogP contribution in [0, 0.1) is 20.8 Å². The van der Waals surface area contributed by atoms with Crippen molar-refractivity contribution in [1.82, 2.24) is 5.32 Å². The van der Waals surface area contributed by atoms with Crippen LogP contribution < -0.4 is 14.8 Å². The number of hydrogen-bond acceptors (Lipinski definition) is 4. The zero-order chi connectivity index (χ0) is 23.5. The molecule has 0 radical (unpaired) electrons. The van der Waals surface area contributed by atoms with E-state index in [9.17, 15) is 13.2 Å². The Hall–Kier alpha value is -3.32. The number of nitrogens with one attached hydrogen (secondary N) is 2. The third kappa shape index (κ3) is 5.29. The average Bonchev–Trinajstić information content (AvgIpc) is 2.72. The van der Waals surface area contributed by atoms with Crippen molar-refractivity contribution in [1.29, 1.82) is 0 Å². The van der Waals surface area contributed by atoms with Crippen molar-refractivity contribution in [2.45, 2.75) is 38.6 Å². The first kappa shape index (κ1) is 23.3. The summed E-state index contributed by atoms with van der Waals surface area (Å²) in [7, 11) is -2.30. The van der Waals surface area contributed by atoms with Gasteiger partial charge in [-0.2, -0.15) is 0 Å². The third-order valence-corrected chi connectivity index (χ3v) is 6.69. The molecule has 7 heteroatoms. The first-order chi connectivity index (χ1) is 15.1. The highest BCUT2D eigenvalue weighted by atomic mass is 32.2. The monoisotopic (exact) mass is 452 g/mol. The minimum absolute atomic E-state index is 0.0641. The molecule has 0 spiro atoms. The van der Waals surface area contributed by atoms with Gasteiger partial charge < -0.3 is 10.1 Å². The van der Waals surface area contributed by atoms with Gasteiger partial charge in [0.1, 0.15) is 5.75 Å². The summed E-state index contributed by atoms with van der Waals surface area (Å²) in [6.45, 7) is 7.37. The van der Waals surface area contributed by atoms with E-state index in [-0.39, 0.29) is 22.4 Å². The number of hydrogen-bond donors (Lipinski definition) is 2. The number of carbonyl (C=O) groups excluding carboxylic acids is 1. The number of carbonyl (C=O) groups is 1. The Morgan fingerprint density at radius 2 is 1.59 bits per heavy atom. The van der Waals surface area contributed by atoms with Crippen molar-refractivity contribution in [3.05, 3.63) is 88.5 Å². The van der Waals surface area contributed by atoms with Crippen molar-refractivity contribution in [2.75, 3.05) is 11.8 Å². The average molecular weight is 453 g/mol. The highest BCUT2D eigenvalue weighted by molar-refractivity contribution is 7.92. The van der Waals surface area contributed by atoms with E-state index in [0.717, 1.165) is 16.7 Å². The van der Waals surface area contributed by atoms with Gasteiger partial charge in [-0.3, -0.25) is 9.52 Å². The Bertz CT molecular complexity index is 1230. The van der Waals surface area contributed by atoms with Crippen LogP contribution >= 0.6 is 0 Å². The molecule has 0 aliphatic carbocycles. The van der Waals surface area contributed by atoms with Crippen LogP contribution in [0.1, 0.15) is 45.6 Å². The van der Waals surface area contributed by atoms with Crippen molar-refractivity contribution < 1.29 is 17.9 Å². The van der Waals surface area contributed by atoms with Crippen LogP contribution in [0.2, 0.25) is 0 Å². The summed E-state index contributed by atoms with van der Waals surface area (Å²) in [5, 5.41) is 2.92. The molecule has 0 aromatic heterocycles. The quantitative estimate of drug-likeness (QED) is 0.533. The maximum absolute atomic E-state index is 13.1. The fourth-order valence-electron chi connectivity index (χ4n) is 3.66. The lowest BCUT2D eigenvalue weighted by Gasteiger charge is -2.18. The number of methoxy groups -OCH3 is 1. The lowest BCUT2D eigenvalue weighted by Crippen LogP contribution is -2.27. The summed E-state index contributed by atoms with van der Waals surface area (Å²) < 4.78 is 34.2. The largest absolute Gasteiger partial charge is 0.496 e. The van der Waals surface area contributed by atoms with Gasteiger partial charge in [0.05, 0.1) is 18.0 Å². The Kier molecular flexibility index (Phi) is 6.89. The molecule has 6 nitrogen and oxygen atoms in total. The van der Waals surface area contributed by atoms with Crippen molar-refractivity contribution >= 4 is 21.6 Å². The second-order valence-corrected chi connectivity index (χ2v) is 9.55. The molecule has 2 N–H and O–H groups in total. The predicted octanol–water partition coefficient (Wildman–Crippen LogP) is 4.91. The minimum Gasteiger partial charge on any atom is -0.496 e. The lowest BCUT2D eigenvalue weighted by molar-refractivity contribution is 0.0939. The molecule has 0 unspecified atom stereocenters. The molecule has 32 heavy (non-hydrogen) atoms. The number of benzene rings is 3. The van der Waals surface area contributed by atoms with E-state index in [1.807, 2.05) is 51.1 Å². The van der Waals surface area contributed by atoms with Gasteiger partial charge in [-0.1, -0.05) is 30.3 Å². The van der Waals surface area contributed by atoms with Crippen molar-refractivity contribution in [3.63, 3.8) is 0 Å². The first-order valence-corrected chi connectivity index (χ1v) is 11.7. The van der Waals surface area contributed by atoms with Gasteiger partial charge in [0.15, 0.2) is 0 Å². The number of rotatable bonds is 7. The van der Waals surface area contributed by atoms with Crippen LogP contribution in [0.25, 0.3) is 0 Å². The van der Waals surface area contributed by atoms with Crippen LogP contribution in [-0.4, -0.2) is 21.4 Å². The van der Waals surface area contributed by atoms with Crippen molar-refractivity contribution in [3.8, 4) is 5.75 Å². The maximum atomic E-state index is 13.1. The second-order valence-electron chi connectivity index (χ2n) is 7.90. The predicted molar refractivity (Wildman–Crippen MR) is 127 cm³/mol. The van der Waals surface area contributed by atoms with Crippen LogP contribution in [0.15, 0.2) is 65.6 Å². The Morgan fingerprint density at radius 1 is 0.938 bits per heavy atom. The normalized spacial score (nSPS) is 12.2. The first-order valence-electron chi connectivity index (χ1n) is 10.3. The van der Waals surface area contributed by atoms with Gasteiger partial charge in [-0.25, -0.2) is 8.42 Å². The number of ether oxygens (including phenoxy) is 1. The molecule has 3 aromatic carbocycles. The Morgan fingerprint density at radius 3 is 2.25 bits per heavy atom. The van der Waals surface area contributed by atoms with Crippen LogP contribution in [0.5, 0.6) is 5.75 Å². The number of amides is 1. The molecule has 0 aliphatic rings. The summed E-state index contributed by atoms with van der Waals surface area (Å²) in [6, 6.07) is 17.3. The summed E-state index contributed by atoms with van der Waals surface area (Å²) in [6.07, 6.45) is 0. The zero-order valence-electron chi connectivity index (χ0n) is 18.9. The molecule has 1 atom stereocenters. The highest BCUT2D eigenvalue weighted by Crippen LogP contribution is 2.26. The molecule has 0 aliphatic heterocycles. The van der Waals surface area contributed by atoms with Gasteiger partial charge in [-0.05, 0) is 74.7 Å². The van der Waals surface area contributed by atoms with E-state index < -0.39 is 10.0 Å². The third-order valence-electron chi connectivity index (χ3n) is 5.17. The summed E-state index contributed by atoms with van der Waals surface area (Å²) >= 11 is 0. The Balaban J connectivity index is 1.86. The molecule has 1 amide bonds. The molecular formula is C25H28N2O4S. The molecular weight excluding hydrogens is 424 g/mol. The van der Waals surface area contributed by atoms with Gasteiger partial charge in [-0.15, -0.1) is 0 Å². The second kappa shape index (κ2) is 9.44. The number of aryl methyl sites for hydroxylation is 3. The van der Waals surface area contributed by atoms with Crippen LogP contribution in [0.4, 0.5) is 5.69 Å². The number of anilines is 1. The van der Waals surface area contributed by atoms with Gasteiger partial charge in [0, 0.05) is 16.8 Å². The molecule has 168 valence electrons. The van der Waals surface area contributed by atoms with E-state index >= 15 is 0 Å². The minimum atomic E-state index is -3.87. The smallest absolute Gasteiger partial charge is 0.262 e. The topological polar surface area (TPSA) is 84.5 Å². The van der Waals surface area contributed by atoms with Crippen LogP contribution in [0.3, 0.4) is 0 Å². The van der Waals surface area contributed by atoms with Gasteiger partial charge >= 0.3 is 0 Å². The Labute approximate surface area is 189 Å². The molecule has 0 saturated carbocycles. The molecule has 3 rings (SSSR count). The van der Waals surface area contributed by atoms with Gasteiger partial charge in [0.25, 0.3) is 15.9 Å². The van der Waals surface area contributed by atoms with Gasteiger partial charge in [0.2, 0.25) is 0 Å². The van der Waals surface area contributed by atoms with Crippen LogP contribution in [-0.2, 0) is 10.0 Å². The summed E-state index contributed by atoms with van der Waals surface area (Å²) in [5.74, 6) is 0.302. The molecule has 0 heterocycles. The van der Waals surface area contributed by atoms with Crippen molar-refractivity contribution in [2.24, 2.45) is 0 Å². The standard InChI is InChI=1S/C25H28N2O4S/c1-16-12-17(2)14-21(13-16)27-32(29,30)24-15-20(11-10-18(24)3)25(28)26-19(4)22-8-6-7-9-23(22)31-5/h6-15,19,27H,1-5H3,(H,26,28)/t19-/m0/s1. The number of sulfonamides is 1. The maximum Gasteiger partial charge on any atom is 0.262 e. The fourth-order valence-corrected chi connectivity index (χ4v) is 4.97. The van der Waals surface area contributed by atoms with E-state index in [4.69, 9.17) is 4.74 Å². The van der Waals surface area contributed by atoms with E-state index in [0.29, 0.717) is 17.0 Å². The highest BCUT2D eigenvalue weighted by Gasteiger charge is 2.21. The molecule has 0 fully saturated rings. The van der Waals surface area contributed by atoms with E-state index in [1.54, 1.807) is 38.3 Å². The SMILES string of the molecule is COc1ccccc1[C@H](C)NC(=O)c1ccc(C)c(S(=O)(=O)Nc2cc(C)cc(C)c2)c1. The molecule has 3 aromatic rings. The van der Waals surface area contributed by atoms with E-state index in [1.165, 1.54) is 6.07 Å². The fraction of sp³-hybridized carbons (Fsp3) is 0.240. The molecule has 0 bridgehead atoms. The number of para-hydroxylation sites is 1. The zero-order valence-corrected chi connectivity index (χ0v) is 19.7. The lowest BCUT2D eigenvalue weighted by atomic mass is 10.1. The summed E-state index contributed by atoms with van der Waals surface area (Å²) in [4.78, 5) is 13.0. The molecule has 0 saturated heterocycles. The van der Waals surface area contributed by atoms with E-state index in [2.05, 4.69) is 10.0 Å². The summed E-state index contributed by atoms with van der Waals surface area (Å²) in [5.41, 5.74) is 4.05.